The Hall–Kier alpha value is -2.21. The van der Waals surface area contributed by atoms with E-state index in [1.165, 1.54) is 0 Å². The van der Waals surface area contributed by atoms with Gasteiger partial charge >= 0.3 is 0 Å². The Morgan fingerprint density at radius 1 is 1.31 bits per heavy atom. The van der Waals surface area contributed by atoms with Crippen LogP contribution >= 0.6 is 11.6 Å². The Bertz CT molecular complexity index is 750. The lowest BCUT2D eigenvalue weighted by molar-refractivity contribution is 0.379. The minimum Gasteiger partial charge on any atom is -0.497 e. The molecule has 0 aliphatic rings. The van der Waals surface area contributed by atoms with Gasteiger partial charge in [-0.05, 0) is 24.1 Å². The minimum absolute atomic E-state index is 0.0528. The molecule has 0 radical (unpaired) electrons. The molecule has 0 aliphatic heterocycles. The Morgan fingerprint density at radius 2 is 2.08 bits per heavy atom. The van der Waals surface area contributed by atoms with E-state index >= 15 is 0 Å². The predicted octanol–water partition coefficient (Wildman–Crippen LogP) is 3.54. The molecular weight excluding hydrogens is 352 g/mol. The highest BCUT2D eigenvalue weighted by Gasteiger charge is 2.19. The highest BCUT2D eigenvalue weighted by Crippen LogP contribution is 2.23. The number of oxazole rings is 1. The molecule has 142 valence electrons. The van der Waals surface area contributed by atoms with Gasteiger partial charge in [0.25, 0.3) is 0 Å². The van der Waals surface area contributed by atoms with E-state index in [-0.39, 0.29) is 5.41 Å². The smallest absolute Gasteiger partial charge is 0.213 e. The van der Waals surface area contributed by atoms with Crippen LogP contribution in [0.5, 0.6) is 5.75 Å². The topological polar surface area (TPSA) is 71.7 Å². The van der Waals surface area contributed by atoms with Crippen LogP contribution in [0.3, 0.4) is 0 Å². The van der Waals surface area contributed by atoms with E-state index in [0.717, 1.165) is 23.5 Å². The molecule has 0 fully saturated rings. The van der Waals surface area contributed by atoms with Gasteiger partial charge in [-0.1, -0.05) is 38.4 Å². The van der Waals surface area contributed by atoms with Gasteiger partial charge in [-0.2, -0.15) is 0 Å². The van der Waals surface area contributed by atoms with Gasteiger partial charge in [0.05, 0.1) is 19.9 Å². The molecular formula is C19H27ClN4O2. The third-order valence-electron chi connectivity index (χ3n) is 3.87. The van der Waals surface area contributed by atoms with Gasteiger partial charge in [0, 0.05) is 24.0 Å². The van der Waals surface area contributed by atoms with Crippen molar-refractivity contribution in [2.24, 2.45) is 4.99 Å². The van der Waals surface area contributed by atoms with Gasteiger partial charge < -0.3 is 19.8 Å². The molecule has 0 bridgehead atoms. The molecule has 2 aromatic rings. The van der Waals surface area contributed by atoms with E-state index in [1.54, 1.807) is 20.4 Å². The van der Waals surface area contributed by atoms with Gasteiger partial charge in [0.1, 0.15) is 11.5 Å². The third kappa shape index (κ3) is 5.66. The molecule has 7 heteroatoms. The molecule has 1 heterocycles. The van der Waals surface area contributed by atoms with Gasteiger partial charge in [-0.25, -0.2) is 4.98 Å². The minimum atomic E-state index is -0.0528. The summed E-state index contributed by atoms with van der Waals surface area (Å²) in [6, 6.07) is 5.70. The second kappa shape index (κ2) is 8.94. The molecule has 0 spiro atoms. The van der Waals surface area contributed by atoms with E-state index in [9.17, 15) is 0 Å². The number of hydrogen-bond donors (Lipinski definition) is 2. The van der Waals surface area contributed by atoms with Gasteiger partial charge in [-0.3, -0.25) is 4.99 Å². The van der Waals surface area contributed by atoms with Crippen LogP contribution in [-0.4, -0.2) is 31.6 Å². The summed E-state index contributed by atoms with van der Waals surface area (Å²) in [4.78, 5) is 8.52. The lowest BCUT2D eigenvalue weighted by atomic mass is 9.94. The molecule has 1 aromatic carbocycles. The number of aliphatic imine (C=N–C) groups is 1. The first-order valence-corrected chi connectivity index (χ1v) is 8.93. The van der Waals surface area contributed by atoms with Crippen molar-refractivity contribution < 1.29 is 9.15 Å². The van der Waals surface area contributed by atoms with Crippen LogP contribution < -0.4 is 15.4 Å². The van der Waals surface area contributed by atoms with Crippen molar-refractivity contribution in [3.63, 3.8) is 0 Å². The Balaban J connectivity index is 1.82. The molecule has 0 saturated carbocycles. The van der Waals surface area contributed by atoms with Crippen molar-refractivity contribution >= 4 is 17.6 Å². The number of guanidine groups is 1. The molecule has 6 nitrogen and oxygen atoms in total. The van der Waals surface area contributed by atoms with Crippen molar-refractivity contribution in [2.45, 2.75) is 39.2 Å². The summed E-state index contributed by atoms with van der Waals surface area (Å²) in [6.45, 7) is 7.45. The molecule has 2 rings (SSSR count). The van der Waals surface area contributed by atoms with Crippen LogP contribution in [0.1, 0.15) is 38.0 Å². The number of halogens is 1. The normalized spacial score (nSPS) is 12.2. The zero-order valence-electron chi connectivity index (χ0n) is 16.0. The molecule has 26 heavy (non-hydrogen) atoms. The first-order chi connectivity index (χ1) is 12.3. The molecule has 0 atom stereocenters. The summed E-state index contributed by atoms with van der Waals surface area (Å²) >= 11 is 6.26. The van der Waals surface area contributed by atoms with E-state index in [2.05, 4.69) is 41.4 Å². The largest absolute Gasteiger partial charge is 0.497 e. The molecule has 1 aromatic heterocycles. The van der Waals surface area contributed by atoms with Crippen LogP contribution in [0.4, 0.5) is 0 Å². The number of ether oxygens (including phenoxy) is 1. The van der Waals surface area contributed by atoms with Crippen LogP contribution in [-0.2, 0) is 18.4 Å². The lowest BCUT2D eigenvalue weighted by Crippen LogP contribution is -2.37. The van der Waals surface area contributed by atoms with E-state index in [4.69, 9.17) is 20.8 Å². The van der Waals surface area contributed by atoms with Crippen LogP contribution in [0.15, 0.2) is 33.8 Å². The number of methoxy groups -OCH3 is 1. The molecule has 0 unspecified atom stereocenters. The van der Waals surface area contributed by atoms with Crippen molar-refractivity contribution in [3.05, 3.63) is 46.6 Å². The number of nitrogens with one attached hydrogen (secondary N) is 2. The third-order valence-corrected chi connectivity index (χ3v) is 4.22. The Morgan fingerprint density at radius 3 is 2.65 bits per heavy atom. The first kappa shape index (κ1) is 20.1. The average Bonchev–Trinajstić information content (AvgIpc) is 3.08. The van der Waals surface area contributed by atoms with Gasteiger partial charge in [-0.15, -0.1) is 0 Å². The fourth-order valence-electron chi connectivity index (χ4n) is 2.29. The van der Waals surface area contributed by atoms with Crippen LogP contribution in [0.2, 0.25) is 5.02 Å². The predicted molar refractivity (Wildman–Crippen MR) is 105 cm³/mol. The summed E-state index contributed by atoms with van der Waals surface area (Å²) in [5, 5.41) is 7.16. The Labute approximate surface area is 160 Å². The quantitative estimate of drug-likeness (QED) is 0.594. The van der Waals surface area contributed by atoms with E-state index in [1.807, 2.05) is 18.2 Å². The van der Waals surface area contributed by atoms with Crippen LogP contribution in [0, 0.1) is 0 Å². The first-order valence-electron chi connectivity index (χ1n) is 8.55. The number of rotatable bonds is 6. The van der Waals surface area contributed by atoms with Gasteiger partial charge in [0.2, 0.25) is 5.89 Å². The summed E-state index contributed by atoms with van der Waals surface area (Å²) in [7, 11) is 3.35. The number of aromatic nitrogens is 1. The summed E-state index contributed by atoms with van der Waals surface area (Å²) in [6.07, 6.45) is 2.55. The molecule has 0 saturated heterocycles. The van der Waals surface area contributed by atoms with Crippen molar-refractivity contribution in [3.8, 4) is 5.75 Å². The lowest BCUT2D eigenvalue weighted by Gasteiger charge is -2.13. The maximum absolute atomic E-state index is 6.26. The second-order valence-electron chi connectivity index (χ2n) is 6.93. The van der Waals surface area contributed by atoms with Crippen LogP contribution in [0.25, 0.3) is 0 Å². The standard InChI is InChI=1S/C19H27ClN4O2/c1-19(2,3)16-11-23-17(26-16)12-24-18(21-4)22-9-8-13-6-7-14(25-5)10-15(13)20/h6-7,10-11H,8-9,12H2,1-5H3,(H2,21,22,24). The van der Waals surface area contributed by atoms with E-state index < -0.39 is 0 Å². The average molecular weight is 379 g/mol. The number of nitrogens with zero attached hydrogens (tertiary/aromatic N) is 2. The summed E-state index contributed by atoms with van der Waals surface area (Å²) in [5.74, 6) is 2.94. The van der Waals surface area contributed by atoms with Crippen molar-refractivity contribution in [2.75, 3.05) is 20.7 Å². The highest BCUT2D eigenvalue weighted by molar-refractivity contribution is 6.31. The molecule has 0 aliphatic carbocycles. The zero-order chi connectivity index (χ0) is 19.2. The molecule has 0 amide bonds. The van der Waals surface area contributed by atoms with E-state index in [0.29, 0.717) is 30.0 Å². The number of hydrogen-bond acceptors (Lipinski definition) is 4. The fraction of sp³-hybridized carbons (Fsp3) is 0.474. The van der Waals surface area contributed by atoms with Crippen molar-refractivity contribution in [1.29, 1.82) is 0 Å². The fourth-order valence-corrected chi connectivity index (χ4v) is 2.56. The van der Waals surface area contributed by atoms with Crippen molar-refractivity contribution in [1.82, 2.24) is 15.6 Å². The summed E-state index contributed by atoms with van der Waals surface area (Å²) in [5.41, 5.74) is 1.00. The SMILES string of the molecule is CN=C(NCCc1ccc(OC)cc1Cl)NCc1ncc(C(C)(C)C)o1. The zero-order valence-corrected chi connectivity index (χ0v) is 16.8. The maximum Gasteiger partial charge on any atom is 0.213 e. The number of benzene rings is 1. The van der Waals surface area contributed by atoms with Gasteiger partial charge in [0.15, 0.2) is 5.96 Å². The second-order valence-corrected chi connectivity index (χ2v) is 7.34. The highest BCUT2D eigenvalue weighted by atomic mass is 35.5. The monoisotopic (exact) mass is 378 g/mol. The maximum atomic E-state index is 6.26. The summed E-state index contributed by atoms with van der Waals surface area (Å²) < 4.78 is 10.9. The molecule has 2 N–H and O–H groups in total. The Kier molecular flexibility index (Phi) is 6.91.